The summed E-state index contributed by atoms with van der Waals surface area (Å²) in [6.07, 6.45) is 11.0. The third-order valence-electron chi connectivity index (χ3n) is 31.1. The van der Waals surface area contributed by atoms with E-state index in [4.69, 9.17) is 0 Å². The van der Waals surface area contributed by atoms with Gasteiger partial charge in [-0.2, -0.15) is 0 Å². The van der Waals surface area contributed by atoms with Crippen molar-refractivity contribution in [2.45, 2.75) is 30.6 Å². The Hall–Kier alpha value is -18.7. The van der Waals surface area contributed by atoms with Gasteiger partial charge in [0.15, 0.2) is 0 Å². The molecule has 0 aromatic heterocycles. The molecule has 0 heterocycles. The summed E-state index contributed by atoms with van der Waals surface area (Å²) in [7, 11) is 0. The third-order valence-corrected chi connectivity index (χ3v) is 31.1. The van der Waals surface area contributed by atoms with Crippen molar-refractivity contribution in [2.24, 2.45) is 0 Å². The van der Waals surface area contributed by atoms with Crippen LogP contribution in [-0.4, -0.2) is 0 Å². The second-order valence-corrected chi connectivity index (χ2v) is 39.8. The van der Waals surface area contributed by atoms with E-state index in [-0.39, 0.29) is 17.8 Å². The highest BCUT2D eigenvalue weighted by atomic mass is 14.3. The Balaban J connectivity index is 0.000000113. The van der Waals surface area contributed by atoms with Crippen LogP contribution >= 0.6 is 0 Å². The van der Waals surface area contributed by atoms with Crippen molar-refractivity contribution in [3.05, 3.63) is 661 Å². The first-order valence-electron chi connectivity index (χ1n) is 52.1. The lowest BCUT2D eigenvalue weighted by atomic mass is 9.80. The quantitative estimate of drug-likeness (QED) is 0.0593. The third kappa shape index (κ3) is 18.0. The molecule has 0 fully saturated rings. The van der Waals surface area contributed by atoms with E-state index in [9.17, 15) is 0 Å². The van der Waals surface area contributed by atoms with E-state index in [1.54, 1.807) is 0 Å². The number of benzene rings is 26. The standard InChI is InChI=1S/C55H36.C47H32.C47H36/c1-4-16-43-40(13-1)33-52(49-22-10-7-19-46(43)49)36-25-29-38(30-26-36)55(54-35-42-15-3-6-18-45(42)48-21-9-12-24-51(48)54)39-31-27-37(28-32-39)53-34-41-14-2-5-17-44(41)47-20-8-11-23-50(47)53;1-3-11-38-29-40(27-21-32(38)9-1)34-17-23-36(24-18-34)47(46-31-42-13-5-6-14-43(42)44-15-7-8-16-45(44)46)37-25-19-35(20-26-37)41-28-22-33-10-2-4-12-39(33)30-41;1-4-10-34(11-5-1)37-16-22-40(23-17-37)47(41-24-18-38(19-25-41)45-30-28-43(32-45)35-12-6-2-7-13-35)42-26-20-39(21-27-42)46-31-29-44(33-46)36-14-8-3-9-15-36/h1-35,55H;1-31,47H;1-31,47H,32-33H2. The normalized spacial score (nSPS) is 12.4. The molecule has 2 aliphatic carbocycles. The smallest absolute Gasteiger partial charge is 0.0346 e. The summed E-state index contributed by atoms with van der Waals surface area (Å²) in [5, 5.41) is 25.6. The van der Waals surface area contributed by atoms with Crippen LogP contribution < -0.4 is 0 Å². The SMILES string of the molecule is C1=C(c2ccccc2)CC(c2ccc(C(c3ccc(C4=CC=C(c5ccccc5)C4)cc3)c3ccc(-c4ccccc4)cc3)cc2)=C1.c1ccc2c(c1)cc(-c1ccc(C(c3ccc(-c4cc5ccccc5c5ccccc45)cc3)c3cc4ccccc4c4ccccc34)cc1)c1ccccc12.c1ccc2cc(-c3ccc(C(c4ccc(-c5ccc6ccccc6c5)cc4)c4cc5ccccc5c5ccccc45)cc3)ccc2c1. The fourth-order valence-corrected chi connectivity index (χ4v) is 23.5. The van der Waals surface area contributed by atoms with Crippen LogP contribution in [-0.2, 0) is 0 Å². The van der Waals surface area contributed by atoms with Crippen LogP contribution in [0.1, 0.15) is 103 Å². The van der Waals surface area contributed by atoms with Gasteiger partial charge in [0.2, 0.25) is 0 Å². The maximum atomic E-state index is 2.43. The molecule has 0 unspecified atom stereocenters. The van der Waals surface area contributed by atoms with Crippen molar-refractivity contribution in [2.75, 3.05) is 0 Å². The van der Waals surface area contributed by atoms with Crippen LogP contribution in [0.25, 0.3) is 186 Å². The van der Waals surface area contributed by atoms with Gasteiger partial charge in [0.05, 0.1) is 0 Å². The Morgan fingerprint density at radius 3 is 0.631 bits per heavy atom. The molecule has 0 saturated heterocycles. The second-order valence-electron chi connectivity index (χ2n) is 39.8. The van der Waals surface area contributed by atoms with Crippen molar-refractivity contribution in [3.63, 3.8) is 0 Å². The van der Waals surface area contributed by atoms with E-state index in [2.05, 4.69) is 588 Å². The molecule has 0 spiro atoms. The fourth-order valence-electron chi connectivity index (χ4n) is 23.5. The molecule has 0 heteroatoms. The minimum absolute atomic E-state index is 0.0271. The first kappa shape index (κ1) is 90.3. The molecule has 0 bridgehead atoms. The topological polar surface area (TPSA) is 0 Å². The van der Waals surface area contributed by atoms with Gasteiger partial charge in [0.25, 0.3) is 0 Å². The van der Waals surface area contributed by atoms with Crippen LogP contribution in [0.2, 0.25) is 0 Å². The average Bonchev–Trinajstić information content (AvgIpc) is 1.72. The Kier molecular flexibility index (Phi) is 24.3. The molecule has 149 heavy (non-hydrogen) atoms. The Morgan fingerprint density at radius 1 is 0.114 bits per heavy atom. The largest absolute Gasteiger partial charge is 0.0622 e. The highest BCUT2D eigenvalue weighted by Gasteiger charge is 2.27. The van der Waals surface area contributed by atoms with Crippen LogP contribution in [0, 0.1) is 0 Å². The predicted octanol–water partition coefficient (Wildman–Crippen LogP) is 40.2. The van der Waals surface area contributed by atoms with E-state index in [1.807, 2.05) is 0 Å². The van der Waals surface area contributed by atoms with Crippen molar-refractivity contribution >= 4 is 130 Å². The van der Waals surface area contributed by atoms with Crippen molar-refractivity contribution in [1.29, 1.82) is 0 Å². The summed E-state index contributed by atoms with van der Waals surface area (Å²) in [5.74, 6) is 0.231. The minimum atomic E-state index is 0.0271. The van der Waals surface area contributed by atoms with Gasteiger partial charge in [-0.05, 0) is 307 Å². The van der Waals surface area contributed by atoms with Gasteiger partial charge in [0.1, 0.15) is 0 Å². The Morgan fingerprint density at radius 2 is 0.315 bits per heavy atom. The van der Waals surface area contributed by atoms with E-state index in [1.165, 1.54) is 258 Å². The van der Waals surface area contributed by atoms with Gasteiger partial charge in [-0.15, -0.1) is 0 Å². The first-order valence-corrected chi connectivity index (χ1v) is 52.1. The van der Waals surface area contributed by atoms with Gasteiger partial charge >= 0.3 is 0 Å². The van der Waals surface area contributed by atoms with Gasteiger partial charge < -0.3 is 0 Å². The van der Waals surface area contributed by atoms with E-state index in [0.29, 0.717) is 0 Å². The summed E-state index contributed by atoms with van der Waals surface area (Å²) in [6, 6.07) is 208. The van der Waals surface area contributed by atoms with Gasteiger partial charge in [-0.1, -0.05) is 552 Å². The summed E-state index contributed by atoms with van der Waals surface area (Å²) < 4.78 is 0. The molecule has 0 aliphatic heterocycles. The zero-order chi connectivity index (χ0) is 98.9. The van der Waals surface area contributed by atoms with E-state index in [0.717, 1.165) is 12.8 Å². The minimum Gasteiger partial charge on any atom is -0.0622 e. The van der Waals surface area contributed by atoms with Crippen molar-refractivity contribution < 1.29 is 0 Å². The van der Waals surface area contributed by atoms with Gasteiger partial charge in [-0.25, -0.2) is 0 Å². The summed E-state index contributed by atoms with van der Waals surface area (Å²) in [6.45, 7) is 0. The molecule has 0 amide bonds. The number of allylic oxidation sites excluding steroid dienone is 8. The van der Waals surface area contributed by atoms with Crippen molar-refractivity contribution in [1.82, 2.24) is 0 Å². The molecule has 0 saturated carbocycles. The lowest BCUT2D eigenvalue weighted by Gasteiger charge is -2.23. The molecule has 700 valence electrons. The van der Waals surface area contributed by atoms with Crippen LogP contribution in [0.5, 0.6) is 0 Å². The highest BCUT2D eigenvalue weighted by molar-refractivity contribution is 6.16. The predicted molar refractivity (Wildman–Crippen MR) is 637 cm³/mol. The number of hydrogen-bond donors (Lipinski definition) is 0. The first-order chi connectivity index (χ1) is 73.8. The molecule has 28 rings (SSSR count). The zero-order valence-corrected chi connectivity index (χ0v) is 82.6. The maximum Gasteiger partial charge on any atom is 0.0346 e. The molecular weight excluding hydrogens is 1790 g/mol. The molecule has 2 aliphatic rings. The Labute approximate surface area is 870 Å². The monoisotopic (exact) mass is 1890 g/mol. The van der Waals surface area contributed by atoms with Gasteiger partial charge in [0, 0.05) is 17.8 Å². The molecule has 0 radical (unpaired) electrons. The Bertz CT molecular complexity index is 9270. The molecule has 0 atom stereocenters. The number of rotatable bonds is 18. The maximum absolute atomic E-state index is 2.43. The number of fused-ring (bicyclic) bond motifs is 14. The molecule has 26 aromatic carbocycles. The van der Waals surface area contributed by atoms with Crippen molar-refractivity contribution in [3.8, 4) is 55.6 Å². The lowest BCUT2D eigenvalue weighted by Crippen LogP contribution is -2.05. The zero-order valence-electron chi connectivity index (χ0n) is 82.6. The summed E-state index contributed by atoms with van der Waals surface area (Å²) in [5.41, 5.74) is 34.8. The van der Waals surface area contributed by atoms with Gasteiger partial charge in [-0.3, -0.25) is 0 Å². The van der Waals surface area contributed by atoms with Crippen LogP contribution in [0.15, 0.2) is 588 Å². The summed E-state index contributed by atoms with van der Waals surface area (Å²) >= 11 is 0. The fraction of sp³-hybridized carbons (Fsp3) is 0.0336. The lowest BCUT2D eigenvalue weighted by molar-refractivity contribution is 0.976. The molecule has 26 aromatic rings. The van der Waals surface area contributed by atoms with E-state index < -0.39 is 0 Å². The highest BCUT2D eigenvalue weighted by Crippen LogP contribution is 2.48. The molecule has 0 nitrogen and oxygen atoms in total. The van der Waals surface area contributed by atoms with E-state index >= 15 is 0 Å². The summed E-state index contributed by atoms with van der Waals surface area (Å²) in [4.78, 5) is 0. The molecule has 0 N–H and O–H groups in total. The number of hydrogen-bond acceptors (Lipinski definition) is 0. The second kappa shape index (κ2) is 40.1. The average molecular weight is 1890 g/mol. The van der Waals surface area contributed by atoms with Crippen LogP contribution in [0.4, 0.5) is 0 Å². The molecular formula is C149H104. The van der Waals surface area contributed by atoms with Crippen LogP contribution in [0.3, 0.4) is 0 Å².